The molecule has 0 spiro atoms. The molecule has 1 unspecified atom stereocenters. The molecule has 7 heteroatoms. The van der Waals surface area contributed by atoms with E-state index in [1.54, 1.807) is 17.0 Å². The van der Waals surface area contributed by atoms with Crippen molar-refractivity contribution >= 4 is 11.8 Å². The summed E-state index contributed by atoms with van der Waals surface area (Å²) in [7, 11) is 0. The molecule has 0 saturated carbocycles. The standard InChI is InChI=1S/C22H24F2N2O3/c23-22(24)29-19-8-6-17(7-9-19)10-12-25-21(28)18-14-20(27)26(15-18)13-11-16-4-2-1-3-5-16/h1-9,18,22H,10-15H2,(H,25,28). The second-order valence-corrected chi connectivity index (χ2v) is 7.04. The lowest BCUT2D eigenvalue weighted by Crippen LogP contribution is -2.34. The maximum atomic E-state index is 12.4. The molecule has 1 atom stereocenters. The number of nitrogens with zero attached hydrogens (tertiary/aromatic N) is 1. The second kappa shape index (κ2) is 10.0. The number of nitrogens with one attached hydrogen (secondary N) is 1. The SMILES string of the molecule is O=C(NCCc1ccc(OC(F)F)cc1)C1CC(=O)N(CCc2ccccc2)C1. The quantitative estimate of drug-likeness (QED) is 0.702. The Hall–Kier alpha value is -2.96. The van der Waals surface area contributed by atoms with Crippen LogP contribution >= 0.6 is 0 Å². The number of likely N-dealkylation sites (tertiary alicyclic amines) is 1. The minimum absolute atomic E-state index is 0.00991. The van der Waals surface area contributed by atoms with Crippen molar-refractivity contribution in [2.75, 3.05) is 19.6 Å². The number of halogens is 2. The minimum atomic E-state index is -2.85. The number of hydrogen-bond donors (Lipinski definition) is 1. The number of carbonyl (C=O) groups is 2. The van der Waals surface area contributed by atoms with E-state index in [1.165, 1.54) is 12.1 Å². The Morgan fingerprint density at radius 2 is 1.76 bits per heavy atom. The summed E-state index contributed by atoms with van der Waals surface area (Å²) in [5.41, 5.74) is 2.07. The summed E-state index contributed by atoms with van der Waals surface area (Å²) < 4.78 is 28.6. The van der Waals surface area contributed by atoms with Crippen molar-refractivity contribution in [2.24, 2.45) is 5.92 Å². The number of benzene rings is 2. The van der Waals surface area contributed by atoms with Crippen LogP contribution in [-0.4, -0.2) is 43.0 Å². The number of hydrogen-bond acceptors (Lipinski definition) is 3. The van der Waals surface area contributed by atoms with Gasteiger partial charge in [0.1, 0.15) is 5.75 Å². The Kier molecular flexibility index (Phi) is 7.16. The number of rotatable bonds is 9. The third kappa shape index (κ3) is 6.27. The van der Waals surface area contributed by atoms with Crippen LogP contribution in [0.25, 0.3) is 0 Å². The van der Waals surface area contributed by atoms with E-state index < -0.39 is 6.61 Å². The highest BCUT2D eigenvalue weighted by Gasteiger charge is 2.33. The zero-order valence-corrected chi connectivity index (χ0v) is 16.0. The summed E-state index contributed by atoms with van der Waals surface area (Å²) in [5.74, 6) is -0.346. The molecular weight excluding hydrogens is 378 g/mol. The molecule has 2 aromatic rings. The zero-order valence-electron chi connectivity index (χ0n) is 16.0. The summed E-state index contributed by atoms with van der Waals surface area (Å²) in [4.78, 5) is 26.3. The van der Waals surface area contributed by atoms with E-state index in [2.05, 4.69) is 10.1 Å². The van der Waals surface area contributed by atoms with Gasteiger partial charge >= 0.3 is 6.61 Å². The van der Waals surface area contributed by atoms with Gasteiger partial charge in [0.2, 0.25) is 11.8 Å². The molecule has 0 aliphatic carbocycles. The number of ether oxygens (including phenoxy) is 1. The molecule has 2 amide bonds. The Bertz CT molecular complexity index is 813. The average molecular weight is 402 g/mol. The maximum Gasteiger partial charge on any atom is 0.387 e. The third-order valence-electron chi connectivity index (χ3n) is 4.96. The Labute approximate surface area is 168 Å². The molecule has 1 aliphatic heterocycles. The molecule has 1 heterocycles. The van der Waals surface area contributed by atoms with Gasteiger partial charge in [-0.25, -0.2) is 0 Å². The van der Waals surface area contributed by atoms with Crippen molar-refractivity contribution < 1.29 is 23.1 Å². The van der Waals surface area contributed by atoms with Gasteiger partial charge in [-0.05, 0) is 36.1 Å². The first kappa shape index (κ1) is 20.8. The van der Waals surface area contributed by atoms with Crippen LogP contribution in [0.2, 0.25) is 0 Å². The first-order valence-corrected chi connectivity index (χ1v) is 9.64. The first-order chi connectivity index (χ1) is 14.0. The van der Waals surface area contributed by atoms with Gasteiger partial charge in [-0.1, -0.05) is 42.5 Å². The molecule has 0 aromatic heterocycles. The van der Waals surface area contributed by atoms with E-state index in [0.717, 1.165) is 17.5 Å². The number of carbonyl (C=O) groups excluding carboxylic acids is 2. The molecule has 1 fully saturated rings. The van der Waals surface area contributed by atoms with Crippen LogP contribution < -0.4 is 10.1 Å². The van der Waals surface area contributed by atoms with Crippen molar-refractivity contribution in [3.05, 3.63) is 65.7 Å². The number of alkyl halides is 2. The molecule has 1 saturated heterocycles. The lowest BCUT2D eigenvalue weighted by molar-refractivity contribution is -0.129. The summed E-state index contributed by atoms with van der Waals surface area (Å²) >= 11 is 0. The second-order valence-electron chi connectivity index (χ2n) is 7.04. The predicted molar refractivity (Wildman–Crippen MR) is 105 cm³/mol. The average Bonchev–Trinajstić information content (AvgIpc) is 3.09. The van der Waals surface area contributed by atoms with Gasteiger partial charge in [0, 0.05) is 26.1 Å². The molecule has 1 aliphatic rings. The molecule has 29 heavy (non-hydrogen) atoms. The van der Waals surface area contributed by atoms with Gasteiger partial charge in [0.15, 0.2) is 0 Å². The van der Waals surface area contributed by atoms with Crippen LogP contribution in [0.3, 0.4) is 0 Å². The normalized spacial score (nSPS) is 16.3. The Morgan fingerprint density at radius 1 is 1.07 bits per heavy atom. The minimum Gasteiger partial charge on any atom is -0.435 e. The lowest BCUT2D eigenvalue weighted by atomic mass is 10.1. The molecule has 154 valence electrons. The largest absolute Gasteiger partial charge is 0.435 e. The van der Waals surface area contributed by atoms with E-state index in [9.17, 15) is 18.4 Å². The molecule has 0 bridgehead atoms. The Balaban J connectivity index is 1.40. The smallest absolute Gasteiger partial charge is 0.387 e. The lowest BCUT2D eigenvalue weighted by Gasteiger charge is -2.16. The van der Waals surface area contributed by atoms with E-state index in [4.69, 9.17) is 0 Å². The van der Waals surface area contributed by atoms with Gasteiger partial charge in [-0.3, -0.25) is 9.59 Å². The monoisotopic (exact) mass is 402 g/mol. The van der Waals surface area contributed by atoms with E-state index in [1.807, 2.05) is 30.3 Å². The van der Waals surface area contributed by atoms with Crippen molar-refractivity contribution in [2.45, 2.75) is 25.9 Å². The highest BCUT2D eigenvalue weighted by molar-refractivity contribution is 5.89. The van der Waals surface area contributed by atoms with Gasteiger partial charge in [0.25, 0.3) is 0 Å². The number of amides is 2. The molecular formula is C22H24F2N2O3. The van der Waals surface area contributed by atoms with E-state index in [-0.39, 0.29) is 29.9 Å². The van der Waals surface area contributed by atoms with E-state index in [0.29, 0.717) is 26.1 Å². The van der Waals surface area contributed by atoms with Crippen molar-refractivity contribution in [3.63, 3.8) is 0 Å². The third-order valence-corrected chi connectivity index (χ3v) is 4.96. The van der Waals surface area contributed by atoms with Crippen LogP contribution in [0.4, 0.5) is 8.78 Å². The first-order valence-electron chi connectivity index (χ1n) is 9.64. The fourth-order valence-electron chi connectivity index (χ4n) is 3.38. The van der Waals surface area contributed by atoms with Crippen molar-refractivity contribution in [1.29, 1.82) is 0 Å². The predicted octanol–water partition coefficient (Wildman–Crippen LogP) is 3.04. The van der Waals surface area contributed by atoms with Crippen LogP contribution in [0, 0.1) is 5.92 Å². The van der Waals surface area contributed by atoms with Gasteiger partial charge in [-0.15, -0.1) is 0 Å². The van der Waals surface area contributed by atoms with Gasteiger partial charge < -0.3 is 15.0 Å². The highest BCUT2D eigenvalue weighted by Crippen LogP contribution is 2.19. The maximum absolute atomic E-state index is 12.4. The molecule has 1 N–H and O–H groups in total. The molecule has 2 aromatic carbocycles. The molecule has 0 radical (unpaired) electrons. The topological polar surface area (TPSA) is 58.6 Å². The van der Waals surface area contributed by atoms with E-state index >= 15 is 0 Å². The van der Waals surface area contributed by atoms with Crippen LogP contribution in [0.5, 0.6) is 5.75 Å². The summed E-state index contributed by atoms with van der Waals surface area (Å²) in [6, 6.07) is 16.3. The van der Waals surface area contributed by atoms with Gasteiger partial charge in [0.05, 0.1) is 5.92 Å². The molecule has 5 nitrogen and oxygen atoms in total. The fraction of sp³-hybridized carbons (Fsp3) is 0.364. The van der Waals surface area contributed by atoms with Crippen molar-refractivity contribution in [1.82, 2.24) is 10.2 Å². The molecule has 3 rings (SSSR count). The summed E-state index contributed by atoms with van der Waals surface area (Å²) in [6.07, 6.45) is 1.57. The highest BCUT2D eigenvalue weighted by atomic mass is 19.3. The Morgan fingerprint density at radius 3 is 2.45 bits per heavy atom. The van der Waals surface area contributed by atoms with Gasteiger partial charge in [-0.2, -0.15) is 8.78 Å². The van der Waals surface area contributed by atoms with Crippen LogP contribution in [0.1, 0.15) is 17.5 Å². The van der Waals surface area contributed by atoms with Crippen LogP contribution in [0.15, 0.2) is 54.6 Å². The van der Waals surface area contributed by atoms with Crippen molar-refractivity contribution in [3.8, 4) is 5.75 Å². The fourth-order valence-corrected chi connectivity index (χ4v) is 3.38. The van der Waals surface area contributed by atoms with Crippen LogP contribution in [-0.2, 0) is 22.4 Å². The summed E-state index contributed by atoms with van der Waals surface area (Å²) in [5, 5.41) is 2.87. The summed E-state index contributed by atoms with van der Waals surface area (Å²) in [6.45, 7) is -1.37. The zero-order chi connectivity index (χ0) is 20.6.